The molecule has 0 saturated heterocycles. The number of carbonyl (C=O) groups is 9. The van der Waals surface area contributed by atoms with Crippen molar-refractivity contribution in [2.75, 3.05) is 0 Å². The fourth-order valence-electron chi connectivity index (χ4n) is 7.11. The summed E-state index contributed by atoms with van der Waals surface area (Å²) >= 11 is 0. The normalized spacial score (nSPS) is 13.8. The van der Waals surface area contributed by atoms with E-state index in [0.29, 0.717) is 16.7 Å². The Labute approximate surface area is 375 Å². The fraction of sp³-hybridized carbons (Fsp3) is 0.370. The van der Waals surface area contributed by atoms with Crippen LogP contribution in [0.2, 0.25) is 0 Å². The number of nitrogens with one attached hydrogen (secondary N) is 7. The van der Waals surface area contributed by atoms with E-state index in [-0.39, 0.29) is 31.6 Å². The molecular weight excluding hydrogens is 839 g/mol. The summed E-state index contributed by atoms with van der Waals surface area (Å²) < 4.78 is 0. The topological polar surface area (TPSA) is 314 Å². The van der Waals surface area contributed by atoms with Crippen LogP contribution in [0.15, 0.2) is 91.1 Å². The summed E-state index contributed by atoms with van der Waals surface area (Å²) in [5, 5.41) is 25.7. The van der Waals surface area contributed by atoms with Gasteiger partial charge in [0.1, 0.15) is 36.3 Å². The average molecular weight is 896 g/mol. The second-order valence-corrected chi connectivity index (χ2v) is 16.1. The monoisotopic (exact) mass is 895 g/mol. The third-order valence-electron chi connectivity index (χ3n) is 10.3. The number of nitrogens with two attached hydrogens (primary N) is 2. The number of amides is 8. The molecule has 0 saturated carbocycles. The Morgan fingerprint density at radius 1 is 0.569 bits per heavy atom. The molecule has 19 heteroatoms. The molecule has 65 heavy (non-hydrogen) atoms. The van der Waals surface area contributed by atoms with E-state index in [1.165, 1.54) is 6.92 Å². The van der Waals surface area contributed by atoms with Crippen molar-refractivity contribution in [1.29, 1.82) is 0 Å². The first kappa shape index (κ1) is 50.1. The highest BCUT2D eigenvalue weighted by Crippen LogP contribution is 2.19. The Morgan fingerprint density at radius 2 is 1.03 bits per heavy atom. The highest BCUT2D eigenvalue weighted by Gasteiger charge is 2.34. The Morgan fingerprint density at radius 3 is 1.54 bits per heavy atom. The van der Waals surface area contributed by atoms with Gasteiger partial charge in [-0.1, -0.05) is 92.7 Å². The molecule has 0 aliphatic carbocycles. The van der Waals surface area contributed by atoms with Gasteiger partial charge in [0.15, 0.2) is 0 Å². The molecule has 19 nitrogen and oxygen atoms in total. The van der Waals surface area contributed by atoms with Crippen molar-refractivity contribution in [3.05, 3.63) is 108 Å². The number of aromatic nitrogens is 1. The number of aliphatic carboxylic acids is 1. The maximum Gasteiger partial charge on any atom is 0.305 e. The lowest BCUT2D eigenvalue weighted by molar-refractivity contribution is -0.141. The van der Waals surface area contributed by atoms with Crippen LogP contribution in [0.1, 0.15) is 63.1 Å². The zero-order chi connectivity index (χ0) is 47.6. The van der Waals surface area contributed by atoms with Gasteiger partial charge in [0.2, 0.25) is 47.3 Å². The smallest absolute Gasteiger partial charge is 0.305 e. The molecule has 0 fully saturated rings. The quantitative estimate of drug-likeness (QED) is 0.0437. The Hall–Kier alpha value is -7.57. The van der Waals surface area contributed by atoms with Crippen LogP contribution in [-0.2, 0) is 62.4 Å². The van der Waals surface area contributed by atoms with Gasteiger partial charge in [-0.15, -0.1) is 0 Å². The minimum Gasteiger partial charge on any atom is -0.481 e. The third-order valence-corrected chi connectivity index (χ3v) is 10.3. The molecule has 0 spiro atoms. The molecule has 0 unspecified atom stereocenters. The van der Waals surface area contributed by atoms with Crippen LogP contribution in [0.3, 0.4) is 0 Å². The van der Waals surface area contributed by atoms with Crippen LogP contribution in [0, 0.1) is 5.92 Å². The number of H-pyrrole nitrogens is 1. The lowest BCUT2D eigenvalue weighted by Crippen LogP contribution is -2.60. The van der Waals surface area contributed by atoms with E-state index >= 15 is 0 Å². The zero-order valence-electron chi connectivity index (χ0n) is 36.4. The van der Waals surface area contributed by atoms with Crippen molar-refractivity contribution in [1.82, 2.24) is 36.9 Å². The molecule has 8 amide bonds. The predicted molar refractivity (Wildman–Crippen MR) is 239 cm³/mol. The molecule has 0 bridgehead atoms. The van der Waals surface area contributed by atoms with Gasteiger partial charge in [0.05, 0.1) is 6.42 Å². The molecular formula is C46H57N9O10. The number of carbonyl (C=O) groups excluding carboxylic acids is 8. The van der Waals surface area contributed by atoms with Gasteiger partial charge in [-0.25, -0.2) is 0 Å². The third kappa shape index (κ3) is 16.3. The van der Waals surface area contributed by atoms with Crippen LogP contribution in [0.25, 0.3) is 10.9 Å². The highest BCUT2D eigenvalue weighted by atomic mass is 16.4. The van der Waals surface area contributed by atoms with Crippen molar-refractivity contribution in [3.63, 3.8) is 0 Å². The van der Waals surface area contributed by atoms with Gasteiger partial charge >= 0.3 is 5.97 Å². The SMILES string of the molecule is CC(=O)N[C@@H](CC(C)C)C(=O)N[C@@H](CC(=O)O)C(=O)N[C@@H](CCC(N)=O)C(=O)N[C@@H](Cc1ccccc1)C(=O)N[C@@H](Cc1ccccc1)C(=O)N[C@@H](Cc1c[nH]c2ccccc12)C(N)=O. The van der Waals surface area contributed by atoms with Gasteiger partial charge in [0, 0.05) is 49.7 Å². The fourth-order valence-corrected chi connectivity index (χ4v) is 7.11. The molecule has 12 N–H and O–H groups in total. The standard InChI is InChI=1S/C46H57N9O10/c1-26(2)20-35(50-27(3)56)43(62)55-38(24-40(58)59)46(65)51-33(18-19-39(47)57)42(61)53-37(22-29-14-8-5-9-15-29)45(64)54-36(21-28-12-6-4-7-13-28)44(63)52-34(41(48)60)23-30-25-49-32-17-11-10-16-31(30)32/h4-17,25-26,33-38,49H,18-24H2,1-3H3,(H2,47,57)(H2,48,60)(H,50,56)(H,51,65)(H,52,63)(H,53,61)(H,54,64)(H,55,62)(H,58,59)/t33-,34-,35-,36-,37-,38-/m0/s1. The molecule has 1 heterocycles. The van der Waals surface area contributed by atoms with Crippen LogP contribution in [0.5, 0.6) is 0 Å². The summed E-state index contributed by atoms with van der Waals surface area (Å²) in [5.74, 6) is -8.28. The molecule has 4 rings (SSSR count). The van der Waals surface area contributed by atoms with Crippen molar-refractivity contribution in [3.8, 4) is 0 Å². The molecule has 3 aromatic carbocycles. The minimum absolute atomic E-state index is 0.0347. The number of carboxylic acids is 1. The Kier molecular flexibility index (Phi) is 18.7. The Balaban J connectivity index is 1.61. The van der Waals surface area contributed by atoms with E-state index in [0.717, 1.165) is 10.9 Å². The maximum absolute atomic E-state index is 14.4. The number of carboxylic acid groups (broad SMARTS) is 1. The molecule has 346 valence electrons. The molecule has 0 radical (unpaired) electrons. The van der Waals surface area contributed by atoms with Crippen LogP contribution in [-0.4, -0.2) is 99.6 Å². The largest absolute Gasteiger partial charge is 0.481 e. The van der Waals surface area contributed by atoms with Crippen molar-refractivity contribution in [2.24, 2.45) is 17.4 Å². The number of hydrogen-bond donors (Lipinski definition) is 10. The van der Waals surface area contributed by atoms with Crippen LogP contribution in [0.4, 0.5) is 0 Å². The maximum atomic E-state index is 14.4. The first-order chi connectivity index (χ1) is 30.9. The number of benzene rings is 3. The van der Waals surface area contributed by atoms with Crippen molar-refractivity contribution >= 4 is 64.1 Å². The van der Waals surface area contributed by atoms with Gasteiger partial charge in [-0.3, -0.25) is 43.2 Å². The molecule has 4 aromatic rings. The lowest BCUT2D eigenvalue weighted by atomic mass is 10.0. The Bertz CT molecular complexity index is 2320. The summed E-state index contributed by atoms with van der Waals surface area (Å²) in [6.07, 6.45) is -0.00863. The number of aromatic amines is 1. The summed E-state index contributed by atoms with van der Waals surface area (Å²) in [6, 6.07) is 16.3. The summed E-state index contributed by atoms with van der Waals surface area (Å²) in [6.45, 7) is 4.78. The lowest BCUT2D eigenvalue weighted by Gasteiger charge is -2.27. The van der Waals surface area contributed by atoms with E-state index in [9.17, 15) is 48.3 Å². The van der Waals surface area contributed by atoms with E-state index < -0.39 is 109 Å². The first-order valence-electron chi connectivity index (χ1n) is 21.1. The molecule has 0 aliphatic heterocycles. The van der Waals surface area contributed by atoms with Crippen LogP contribution >= 0.6 is 0 Å². The van der Waals surface area contributed by atoms with Crippen molar-refractivity contribution < 1.29 is 48.3 Å². The predicted octanol–water partition coefficient (Wildman–Crippen LogP) is 0.396. The molecule has 6 atom stereocenters. The zero-order valence-corrected chi connectivity index (χ0v) is 36.4. The summed E-state index contributed by atoms with van der Waals surface area (Å²) in [7, 11) is 0. The van der Waals surface area contributed by atoms with E-state index in [1.54, 1.807) is 80.7 Å². The molecule has 1 aromatic heterocycles. The van der Waals surface area contributed by atoms with E-state index in [2.05, 4.69) is 36.9 Å². The highest BCUT2D eigenvalue weighted by molar-refractivity contribution is 5.98. The van der Waals surface area contributed by atoms with Crippen molar-refractivity contribution in [2.45, 2.75) is 102 Å². The summed E-state index contributed by atoms with van der Waals surface area (Å²) in [5.41, 5.74) is 14.0. The number of fused-ring (bicyclic) bond motifs is 1. The summed E-state index contributed by atoms with van der Waals surface area (Å²) in [4.78, 5) is 121. The number of rotatable bonds is 25. The molecule has 0 aliphatic rings. The van der Waals surface area contributed by atoms with Gasteiger partial charge < -0.3 is 53.5 Å². The van der Waals surface area contributed by atoms with E-state index in [4.69, 9.17) is 11.5 Å². The second kappa shape index (κ2) is 24.3. The van der Waals surface area contributed by atoms with Gasteiger partial charge in [-0.05, 0) is 41.5 Å². The van der Waals surface area contributed by atoms with E-state index in [1.807, 2.05) is 24.3 Å². The number of primary amides is 2. The number of hydrogen-bond acceptors (Lipinski definition) is 9. The second-order valence-electron chi connectivity index (χ2n) is 16.1. The first-order valence-corrected chi connectivity index (χ1v) is 21.1. The van der Waals surface area contributed by atoms with Gasteiger partial charge in [-0.2, -0.15) is 0 Å². The average Bonchev–Trinajstić information content (AvgIpc) is 3.66. The minimum atomic E-state index is -1.74. The van der Waals surface area contributed by atoms with Gasteiger partial charge in [0.25, 0.3) is 0 Å². The van der Waals surface area contributed by atoms with Crippen LogP contribution < -0.4 is 43.4 Å². The number of para-hydroxylation sites is 1.